The van der Waals surface area contributed by atoms with Gasteiger partial charge < -0.3 is 5.32 Å². The molecule has 1 aromatic carbocycles. The summed E-state index contributed by atoms with van der Waals surface area (Å²) in [6.45, 7) is 5.06. The summed E-state index contributed by atoms with van der Waals surface area (Å²) in [6.07, 6.45) is 0.945. The Morgan fingerprint density at radius 2 is 2.12 bits per heavy atom. The fraction of sp³-hybridized carbons (Fsp3) is 0.300. The van der Waals surface area contributed by atoms with Crippen molar-refractivity contribution in [1.29, 1.82) is 0 Å². The number of aryl methyl sites for hydroxylation is 2. The van der Waals surface area contributed by atoms with Crippen LogP contribution in [0.4, 0.5) is 5.82 Å². The number of nitrogens with one attached hydrogen (secondary N) is 2. The number of aromatic amines is 1. The van der Waals surface area contributed by atoms with Crippen LogP contribution in [0, 0.1) is 13.8 Å². The van der Waals surface area contributed by atoms with Gasteiger partial charge in [0.2, 0.25) is 0 Å². The average Bonchev–Trinajstić information content (AvgIpc) is 2.93. The molecule has 1 unspecified atom stereocenters. The second kappa shape index (κ2) is 7.33. The van der Waals surface area contributed by atoms with E-state index in [0.717, 1.165) is 46.6 Å². The summed E-state index contributed by atoms with van der Waals surface area (Å²) in [5, 5.41) is 12.3. The molecule has 2 aromatic heterocycles. The molecule has 0 radical (unpaired) electrons. The molecule has 4 nitrogen and oxygen atoms in total. The highest BCUT2D eigenvalue weighted by atomic mass is 35.5. The number of hydrogen-bond donors (Lipinski definition) is 2. The van der Waals surface area contributed by atoms with Crippen molar-refractivity contribution >= 4 is 29.2 Å². The van der Waals surface area contributed by atoms with E-state index >= 15 is 0 Å². The number of H-pyrrole nitrogens is 1. The molecule has 26 heavy (non-hydrogen) atoms. The van der Waals surface area contributed by atoms with Crippen LogP contribution in [0.3, 0.4) is 0 Å². The Morgan fingerprint density at radius 1 is 1.23 bits per heavy atom. The van der Waals surface area contributed by atoms with E-state index in [0.29, 0.717) is 5.25 Å². The summed E-state index contributed by atoms with van der Waals surface area (Å²) in [5.74, 6) is 2.00. The van der Waals surface area contributed by atoms with Crippen molar-refractivity contribution in [2.45, 2.75) is 25.5 Å². The number of thioether (sulfide) groups is 1. The molecule has 0 saturated heterocycles. The van der Waals surface area contributed by atoms with Gasteiger partial charge in [-0.2, -0.15) is 16.9 Å². The predicted molar refractivity (Wildman–Crippen MR) is 110 cm³/mol. The molecule has 0 amide bonds. The molecule has 0 bridgehead atoms. The number of pyridine rings is 1. The molecule has 3 heterocycles. The molecule has 3 aromatic rings. The molecule has 1 aliphatic heterocycles. The van der Waals surface area contributed by atoms with Gasteiger partial charge in [0.25, 0.3) is 0 Å². The zero-order valence-corrected chi connectivity index (χ0v) is 16.4. The Morgan fingerprint density at radius 3 is 2.92 bits per heavy atom. The number of aromatic nitrogens is 3. The highest BCUT2D eigenvalue weighted by Crippen LogP contribution is 2.43. The van der Waals surface area contributed by atoms with Crippen molar-refractivity contribution in [3.63, 3.8) is 0 Å². The third-order valence-corrected chi connectivity index (χ3v) is 6.17. The van der Waals surface area contributed by atoms with Crippen LogP contribution >= 0.6 is 23.4 Å². The molecule has 6 heteroatoms. The molecule has 0 aliphatic carbocycles. The number of fused-ring (bicyclic) bond motifs is 1. The van der Waals surface area contributed by atoms with Crippen LogP contribution in [-0.2, 0) is 6.42 Å². The molecule has 0 spiro atoms. The van der Waals surface area contributed by atoms with E-state index in [1.54, 1.807) is 0 Å². The summed E-state index contributed by atoms with van der Waals surface area (Å²) in [7, 11) is 0. The maximum atomic E-state index is 6.13. The summed E-state index contributed by atoms with van der Waals surface area (Å²) in [6, 6.07) is 12.3. The van der Waals surface area contributed by atoms with Crippen molar-refractivity contribution in [1.82, 2.24) is 15.2 Å². The first-order chi connectivity index (χ1) is 12.6. The zero-order valence-electron chi connectivity index (χ0n) is 14.8. The van der Waals surface area contributed by atoms with Crippen LogP contribution in [0.15, 0.2) is 36.4 Å². The predicted octanol–water partition coefficient (Wildman–Crippen LogP) is 5.18. The highest BCUT2D eigenvalue weighted by molar-refractivity contribution is 7.99. The van der Waals surface area contributed by atoms with E-state index in [1.807, 2.05) is 49.0 Å². The van der Waals surface area contributed by atoms with Crippen molar-refractivity contribution in [3.8, 4) is 11.4 Å². The second-order valence-corrected chi connectivity index (χ2v) is 8.33. The fourth-order valence-corrected chi connectivity index (χ4v) is 4.80. The quantitative estimate of drug-likeness (QED) is 0.652. The Labute approximate surface area is 162 Å². The van der Waals surface area contributed by atoms with Gasteiger partial charge in [-0.1, -0.05) is 23.7 Å². The lowest BCUT2D eigenvalue weighted by Gasteiger charge is -2.17. The van der Waals surface area contributed by atoms with Crippen LogP contribution in [0.1, 0.15) is 27.6 Å². The minimum atomic E-state index is 0.316. The fourth-order valence-electron chi connectivity index (χ4n) is 3.38. The van der Waals surface area contributed by atoms with E-state index in [-0.39, 0.29) is 0 Å². The molecule has 1 atom stereocenters. The van der Waals surface area contributed by atoms with Crippen LogP contribution in [-0.4, -0.2) is 27.5 Å². The van der Waals surface area contributed by atoms with Gasteiger partial charge in [0, 0.05) is 33.8 Å². The zero-order chi connectivity index (χ0) is 18.1. The first-order valence-electron chi connectivity index (χ1n) is 8.74. The van der Waals surface area contributed by atoms with Crippen molar-refractivity contribution in [2.24, 2.45) is 0 Å². The molecular weight excluding hydrogens is 364 g/mol. The van der Waals surface area contributed by atoms with Gasteiger partial charge in [-0.3, -0.25) is 10.1 Å². The van der Waals surface area contributed by atoms with E-state index in [1.165, 1.54) is 16.7 Å². The van der Waals surface area contributed by atoms with Crippen molar-refractivity contribution < 1.29 is 0 Å². The third-order valence-electron chi connectivity index (χ3n) is 4.69. The molecule has 0 saturated carbocycles. The Kier molecular flexibility index (Phi) is 4.92. The summed E-state index contributed by atoms with van der Waals surface area (Å²) < 4.78 is 0. The smallest absolute Gasteiger partial charge is 0.152 e. The number of rotatable bonds is 3. The molecular formula is C20H21ClN4S. The maximum absolute atomic E-state index is 6.13. The van der Waals surface area contributed by atoms with Crippen LogP contribution < -0.4 is 5.32 Å². The third kappa shape index (κ3) is 3.46. The van der Waals surface area contributed by atoms with Gasteiger partial charge in [-0.25, -0.2) is 0 Å². The normalized spacial score (nSPS) is 16.7. The largest absolute Gasteiger partial charge is 0.367 e. The Bertz CT molecular complexity index is 937. The van der Waals surface area contributed by atoms with Gasteiger partial charge >= 0.3 is 0 Å². The second-order valence-electron chi connectivity index (χ2n) is 6.59. The van der Waals surface area contributed by atoms with Gasteiger partial charge in [0.15, 0.2) is 5.82 Å². The number of nitrogens with zero attached hydrogens (tertiary/aromatic N) is 2. The van der Waals surface area contributed by atoms with E-state index in [9.17, 15) is 0 Å². The SMILES string of the molecule is Cc1cccc(-c2[nH]nc3c2C(Cc2ccc(Cl)cc2C)SCCN3)n1. The summed E-state index contributed by atoms with van der Waals surface area (Å²) in [5.41, 5.74) is 6.74. The van der Waals surface area contributed by atoms with Crippen molar-refractivity contribution in [2.75, 3.05) is 17.6 Å². The molecule has 4 rings (SSSR count). The Hall–Kier alpha value is -1.98. The maximum Gasteiger partial charge on any atom is 0.152 e. The van der Waals surface area contributed by atoms with Crippen LogP contribution in [0.5, 0.6) is 0 Å². The van der Waals surface area contributed by atoms with Crippen molar-refractivity contribution in [3.05, 3.63) is 63.8 Å². The lowest BCUT2D eigenvalue weighted by atomic mass is 9.99. The topological polar surface area (TPSA) is 53.6 Å². The molecule has 2 N–H and O–H groups in total. The highest BCUT2D eigenvalue weighted by Gasteiger charge is 2.27. The first-order valence-corrected chi connectivity index (χ1v) is 10.2. The molecule has 0 fully saturated rings. The lowest BCUT2D eigenvalue weighted by Crippen LogP contribution is -2.03. The summed E-state index contributed by atoms with van der Waals surface area (Å²) in [4.78, 5) is 4.70. The number of hydrogen-bond acceptors (Lipinski definition) is 4. The van der Waals surface area contributed by atoms with Gasteiger partial charge in [-0.15, -0.1) is 0 Å². The van der Waals surface area contributed by atoms with Crippen LogP contribution in [0.25, 0.3) is 11.4 Å². The average molecular weight is 385 g/mol. The molecule has 134 valence electrons. The first kappa shape index (κ1) is 17.4. The van der Waals surface area contributed by atoms with Gasteiger partial charge in [0.1, 0.15) is 0 Å². The monoisotopic (exact) mass is 384 g/mol. The number of halogens is 1. The van der Waals surface area contributed by atoms with E-state index < -0.39 is 0 Å². The molecule has 1 aliphatic rings. The standard InChI is InChI=1S/C20H21ClN4S/c1-12-10-15(21)7-6-14(12)11-17-18-19(16-5-3-4-13(2)23-16)24-25-20(18)22-8-9-26-17/h3-7,10,17H,8-9,11H2,1-2H3,(H2,22,24,25). The van der Waals surface area contributed by atoms with Gasteiger partial charge in [-0.05, 0) is 55.7 Å². The minimum absolute atomic E-state index is 0.316. The van der Waals surface area contributed by atoms with E-state index in [4.69, 9.17) is 16.6 Å². The number of anilines is 1. The number of benzene rings is 1. The van der Waals surface area contributed by atoms with E-state index in [2.05, 4.69) is 28.5 Å². The minimum Gasteiger partial charge on any atom is -0.367 e. The van der Waals surface area contributed by atoms with Crippen LogP contribution in [0.2, 0.25) is 5.02 Å². The summed E-state index contributed by atoms with van der Waals surface area (Å²) >= 11 is 8.10. The lowest BCUT2D eigenvalue weighted by molar-refractivity contribution is 0.929. The van der Waals surface area contributed by atoms with Gasteiger partial charge in [0.05, 0.1) is 11.4 Å². The Balaban J connectivity index is 1.75.